The zero-order valence-electron chi connectivity index (χ0n) is 13.8. The second-order valence-electron chi connectivity index (χ2n) is 5.41. The third kappa shape index (κ3) is 4.48. The van der Waals surface area contributed by atoms with E-state index in [2.05, 4.69) is 63.6 Å². The molecular weight excluding hydrogens is 274 g/mol. The summed E-state index contributed by atoms with van der Waals surface area (Å²) >= 11 is 0. The molecule has 2 N–H and O–H groups in total. The van der Waals surface area contributed by atoms with Crippen LogP contribution in [0.3, 0.4) is 0 Å². The molecule has 120 valence electrons. The van der Waals surface area contributed by atoms with E-state index in [9.17, 15) is 0 Å². The molecule has 1 aromatic rings. The van der Waals surface area contributed by atoms with Gasteiger partial charge in [-0.05, 0) is 38.3 Å². The van der Waals surface area contributed by atoms with Crippen LogP contribution in [0.2, 0.25) is 0 Å². The standard InChI is InChI=1S/C17H27N5/c1-4-22(5-2)16-11-10-14(12-19-16)13-20-17(18-3)21-15-8-6-7-9-15/h6-7,10-12,15H,4-5,8-9,13H2,1-3H3,(H2,18,20,21). The summed E-state index contributed by atoms with van der Waals surface area (Å²) in [5.41, 5.74) is 1.16. The minimum atomic E-state index is 0.467. The fraction of sp³-hybridized carbons (Fsp3) is 0.529. The number of rotatable bonds is 6. The average Bonchev–Trinajstić information content (AvgIpc) is 3.07. The molecule has 1 aromatic heterocycles. The number of pyridine rings is 1. The second kappa shape index (κ2) is 8.41. The first-order valence-electron chi connectivity index (χ1n) is 8.08. The molecule has 0 spiro atoms. The van der Waals surface area contributed by atoms with Gasteiger partial charge < -0.3 is 15.5 Å². The van der Waals surface area contributed by atoms with Crippen molar-refractivity contribution in [1.29, 1.82) is 0 Å². The van der Waals surface area contributed by atoms with E-state index in [1.54, 1.807) is 7.05 Å². The van der Waals surface area contributed by atoms with Crippen molar-refractivity contribution in [1.82, 2.24) is 15.6 Å². The van der Waals surface area contributed by atoms with Crippen LogP contribution in [0.1, 0.15) is 32.3 Å². The largest absolute Gasteiger partial charge is 0.357 e. The van der Waals surface area contributed by atoms with Crippen LogP contribution in [0.4, 0.5) is 5.82 Å². The molecule has 5 heteroatoms. The molecule has 2 rings (SSSR count). The molecule has 1 aliphatic carbocycles. The first-order chi connectivity index (χ1) is 10.8. The van der Waals surface area contributed by atoms with Crippen molar-refractivity contribution in [2.75, 3.05) is 25.0 Å². The Kier molecular flexibility index (Phi) is 6.25. The van der Waals surface area contributed by atoms with Gasteiger partial charge in [-0.25, -0.2) is 4.98 Å². The van der Waals surface area contributed by atoms with E-state index < -0.39 is 0 Å². The van der Waals surface area contributed by atoms with Crippen molar-refractivity contribution < 1.29 is 0 Å². The van der Waals surface area contributed by atoms with E-state index >= 15 is 0 Å². The van der Waals surface area contributed by atoms with Crippen LogP contribution in [0.15, 0.2) is 35.5 Å². The van der Waals surface area contributed by atoms with Gasteiger partial charge in [-0.2, -0.15) is 0 Å². The van der Waals surface area contributed by atoms with Crippen molar-refractivity contribution in [2.45, 2.75) is 39.3 Å². The summed E-state index contributed by atoms with van der Waals surface area (Å²) in [6, 6.07) is 4.67. The molecule has 0 radical (unpaired) electrons. The van der Waals surface area contributed by atoms with Crippen molar-refractivity contribution in [3.8, 4) is 0 Å². The minimum absolute atomic E-state index is 0.467. The smallest absolute Gasteiger partial charge is 0.191 e. The summed E-state index contributed by atoms with van der Waals surface area (Å²) in [7, 11) is 1.80. The van der Waals surface area contributed by atoms with Gasteiger partial charge in [-0.3, -0.25) is 4.99 Å². The summed E-state index contributed by atoms with van der Waals surface area (Å²) in [6.45, 7) is 6.98. The van der Waals surface area contributed by atoms with Crippen LogP contribution in [0.5, 0.6) is 0 Å². The topological polar surface area (TPSA) is 52.5 Å². The van der Waals surface area contributed by atoms with Crippen LogP contribution in [0.25, 0.3) is 0 Å². The van der Waals surface area contributed by atoms with Crippen LogP contribution >= 0.6 is 0 Å². The Morgan fingerprint density at radius 3 is 2.55 bits per heavy atom. The maximum absolute atomic E-state index is 4.54. The lowest BCUT2D eigenvalue weighted by molar-refractivity contribution is 0.633. The molecule has 0 aliphatic heterocycles. The van der Waals surface area contributed by atoms with Gasteiger partial charge in [0.15, 0.2) is 5.96 Å². The van der Waals surface area contributed by atoms with Crippen molar-refractivity contribution in [3.05, 3.63) is 36.0 Å². The normalized spacial score (nSPS) is 15.1. The number of nitrogens with one attached hydrogen (secondary N) is 2. The number of guanidine groups is 1. The van der Waals surface area contributed by atoms with Crippen LogP contribution < -0.4 is 15.5 Å². The highest BCUT2D eigenvalue weighted by Crippen LogP contribution is 2.11. The summed E-state index contributed by atoms with van der Waals surface area (Å²) < 4.78 is 0. The highest BCUT2D eigenvalue weighted by atomic mass is 15.2. The van der Waals surface area contributed by atoms with Crippen molar-refractivity contribution in [2.24, 2.45) is 4.99 Å². The predicted molar refractivity (Wildman–Crippen MR) is 93.3 cm³/mol. The maximum atomic E-state index is 4.54. The zero-order chi connectivity index (χ0) is 15.8. The van der Waals surface area contributed by atoms with E-state index in [4.69, 9.17) is 0 Å². The van der Waals surface area contributed by atoms with Gasteiger partial charge >= 0.3 is 0 Å². The van der Waals surface area contributed by atoms with Gasteiger partial charge in [0.2, 0.25) is 0 Å². The minimum Gasteiger partial charge on any atom is -0.357 e. The monoisotopic (exact) mass is 301 g/mol. The Hall–Kier alpha value is -2.04. The first-order valence-corrected chi connectivity index (χ1v) is 8.08. The van der Waals surface area contributed by atoms with Gasteiger partial charge in [0.05, 0.1) is 0 Å². The molecule has 1 aliphatic rings. The number of hydrogen-bond acceptors (Lipinski definition) is 3. The Labute approximate surface area is 133 Å². The summed E-state index contributed by atoms with van der Waals surface area (Å²) in [4.78, 5) is 11.1. The molecule has 0 fully saturated rings. The lowest BCUT2D eigenvalue weighted by atomic mass is 10.2. The summed E-state index contributed by atoms with van der Waals surface area (Å²) in [5.74, 6) is 1.88. The fourth-order valence-electron chi connectivity index (χ4n) is 2.56. The van der Waals surface area contributed by atoms with Gasteiger partial charge in [0, 0.05) is 38.9 Å². The van der Waals surface area contributed by atoms with E-state index in [1.165, 1.54) is 0 Å². The fourth-order valence-corrected chi connectivity index (χ4v) is 2.56. The summed E-state index contributed by atoms with van der Waals surface area (Å²) in [6.07, 6.45) is 8.49. The maximum Gasteiger partial charge on any atom is 0.191 e. The Morgan fingerprint density at radius 1 is 1.27 bits per heavy atom. The molecule has 0 atom stereocenters. The number of nitrogens with zero attached hydrogens (tertiary/aromatic N) is 3. The SMILES string of the molecule is CCN(CC)c1ccc(CNC(=NC)NC2CC=CC2)cn1. The van der Waals surface area contributed by atoms with Crippen LogP contribution in [-0.2, 0) is 6.54 Å². The molecule has 0 amide bonds. The quantitative estimate of drug-likeness (QED) is 0.481. The summed E-state index contributed by atoms with van der Waals surface area (Å²) in [5, 5.41) is 6.78. The average molecular weight is 301 g/mol. The van der Waals surface area contributed by atoms with Gasteiger partial charge in [-0.1, -0.05) is 18.2 Å². The van der Waals surface area contributed by atoms with Crippen LogP contribution in [0, 0.1) is 0 Å². The third-order valence-electron chi connectivity index (χ3n) is 3.93. The van der Waals surface area contributed by atoms with Gasteiger partial charge in [-0.15, -0.1) is 0 Å². The van der Waals surface area contributed by atoms with Crippen molar-refractivity contribution in [3.63, 3.8) is 0 Å². The molecule has 5 nitrogen and oxygen atoms in total. The number of hydrogen-bond donors (Lipinski definition) is 2. The molecule has 0 saturated carbocycles. The molecule has 0 bridgehead atoms. The van der Waals surface area contributed by atoms with E-state index in [0.717, 1.165) is 49.8 Å². The Morgan fingerprint density at radius 2 is 2.00 bits per heavy atom. The highest BCUT2D eigenvalue weighted by Gasteiger charge is 2.11. The Balaban J connectivity index is 1.85. The predicted octanol–water partition coefficient (Wildman–Crippen LogP) is 2.31. The number of aromatic nitrogens is 1. The second-order valence-corrected chi connectivity index (χ2v) is 5.41. The number of aliphatic imine (C=N–C) groups is 1. The van der Waals surface area contributed by atoms with Gasteiger partial charge in [0.25, 0.3) is 0 Å². The Bertz CT molecular complexity index is 494. The molecule has 0 aromatic carbocycles. The first kappa shape index (κ1) is 16.3. The van der Waals surface area contributed by atoms with E-state index in [0.29, 0.717) is 6.04 Å². The number of anilines is 1. The molecule has 22 heavy (non-hydrogen) atoms. The van der Waals surface area contributed by atoms with Gasteiger partial charge in [0.1, 0.15) is 5.82 Å². The van der Waals surface area contributed by atoms with Crippen molar-refractivity contribution >= 4 is 11.8 Å². The third-order valence-corrected chi connectivity index (χ3v) is 3.93. The molecule has 0 unspecified atom stereocenters. The van der Waals surface area contributed by atoms with E-state index in [-0.39, 0.29) is 0 Å². The molecule has 1 heterocycles. The zero-order valence-corrected chi connectivity index (χ0v) is 13.8. The lowest BCUT2D eigenvalue weighted by Gasteiger charge is -2.20. The highest BCUT2D eigenvalue weighted by molar-refractivity contribution is 5.80. The molecule has 0 saturated heterocycles. The lowest BCUT2D eigenvalue weighted by Crippen LogP contribution is -2.42. The molecular formula is C17H27N5. The van der Waals surface area contributed by atoms with E-state index in [1.807, 2.05) is 6.20 Å². The van der Waals surface area contributed by atoms with Crippen LogP contribution in [-0.4, -0.2) is 37.1 Å².